The van der Waals surface area contributed by atoms with Crippen LogP contribution in [0.1, 0.15) is 18.9 Å². The molecule has 1 N–H and O–H groups in total. The van der Waals surface area contributed by atoms with Gasteiger partial charge < -0.3 is 10.1 Å². The van der Waals surface area contributed by atoms with Gasteiger partial charge in [-0.05, 0) is 49.5 Å². The largest absolute Gasteiger partial charge is 0.496 e. The van der Waals surface area contributed by atoms with E-state index in [1.165, 1.54) is 31.6 Å². The van der Waals surface area contributed by atoms with E-state index >= 15 is 0 Å². The Morgan fingerprint density at radius 3 is 3.00 bits per heavy atom. The molecule has 0 amide bonds. The van der Waals surface area contributed by atoms with Gasteiger partial charge in [-0.15, -0.1) is 0 Å². The molecule has 2 fully saturated rings. The summed E-state index contributed by atoms with van der Waals surface area (Å²) in [7, 11) is 1.73. The highest BCUT2D eigenvalue weighted by atomic mass is 35.5. The fourth-order valence-electron chi connectivity index (χ4n) is 3.94. The summed E-state index contributed by atoms with van der Waals surface area (Å²) in [5.41, 5.74) is 1.20. The number of ether oxygens (including phenoxy) is 1. The molecule has 1 aromatic carbocycles. The van der Waals surface area contributed by atoms with Gasteiger partial charge in [0.15, 0.2) is 0 Å². The quantitative estimate of drug-likeness (QED) is 0.924. The zero-order valence-corrected chi connectivity index (χ0v) is 13.0. The Balaban J connectivity index is 1.79. The molecule has 0 aromatic heterocycles. The van der Waals surface area contributed by atoms with Crippen molar-refractivity contribution in [1.29, 1.82) is 0 Å². The molecule has 110 valence electrons. The van der Waals surface area contributed by atoms with Gasteiger partial charge in [0.25, 0.3) is 0 Å². The van der Waals surface area contributed by atoms with E-state index in [-0.39, 0.29) is 0 Å². The third kappa shape index (κ3) is 2.54. The third-order valence-electron chi connectivity index (χ3n) is 4.86. The lowest BCUT2D eigenvalue weighted by molar-refractivity contribution is 0.208. The lowest BCUT2D eigenvalue weighted by Gasteiger charge is -2.27. The van der Waals surface area contributed by atoms with E-state index in [0.717, 1.165) is 29.2 Å². The maximum atomic E-state index is 6.14. The molecule has 3 rings (SSSR count). The molecule has 2 heterocycles. The summed E-state index contributed by atoms with van der Waals surface area (Å²) >= 11 is 6.14. The van der Waals surface area contributed by atoms with Gasteiger partial charge in [-0.1, -0.05) is 18.5 Å². The summed E-state index contributed by atoms with van der Waals surface area (Å²) in [5.74, 6) is 2.56. The summed E-state index contributed by atoms with van der Waals surface area (Å²) in [5, 5.41) is 4.32. The Hall–Kier alpha value is -0.770. The number of halogens is 1. The Labute approximate surface area is 126 Å². The summed E-state index contributed by atoms with van der Waals surface area (Å²) in [6.45, 7) is 6.77. The molecule has 3 nitrogen and oxygen atoms in total. The van der Waals surface area contributed by atoms with Gasteiger partial charge in [0.2, 0.25) is 0 Å². The van der Waals surface area contributed by atoms with E-state index in [4.69, 9.17) is 16.3 Å². The maximum Gasteiger partial charge on any atom is 0.123 e. The highest BCUT2D eigenvalue weighted by Gasteiger charge is 2.43. The number of hydrogen-bond donors (Lipinski definition) is 1. The number of benzene rings is 1. The first kappa shape index (κ1) is 14.2. The van der Waals surface area contributed by atoms with Crippen molar-refractivity contribution in [3.63, 3.8) is 0 Å². The van der Waals surface area contributed by atoms with Gasteiger partial charge in [0, 0.05) is 29.7 Å². The topological polar surface area (TPSA) is 24.5 Å². The first-order valence-corrected chi connectivity index (χ1v) is 7.88. The van der Waals surface area contributed by atoms with Crippen molar-refractivity contribution >= 4 is 11.6 Å². The van der Waals surface area contributed by atoms with Crippen LogP contribution in [0.15, 0.2) is 18.2 Å². The highest BCUT2D eigenvalue weighted by molar-refractivity contribution is 6.30. The molecule has 0 radical (unpaired) electrons. The molecule has 2 saturated heterocycles. The van der Waals surface area contributed by atoms with Gasteiger partial charge in [-0.2, -0.15) is 0 Å². The van der Waals surface area contributed by atoms with E-state index in [1.54, 1.807) is 7.11 Å². The number of nitrogens with one attached hydrogen (secondary N) is 1. The second kappa shape index (κ2) is 5.92. The van der Waals surface area contributed by atoms with Crippen molar-refractivity contribution in [2.45, 2.75) is 25.9 Å². The first-order chi connectivity index (χ1) is 9.72. The van der Waals surface area contributed by atoms with Gasteiger partial charge in [-0.25, -0.2) is 0 Å². The van der Waals surface area contributed by atoms with E-state index in [9.17, 15) is 0 Å². The summed E-state index contributed by atoms with van der Waals surface area (Å²) in [6, 6.07) is 6.58. The minimum absolute atomic E-state index is 0.679. The molecule has 3 unspecified atom stereocenters. The van der Waals surface area contributed by atoms with Crippen molar-refractivity contribution < 1.29 is 4.74 Å². The van der Waals surface area contributed by atoms with Gasteiger partial charge in [0.1, 0.15) is 5.75 Å². The monoisotopic (exact) mass is 294 g/mol. The van der Waals surface area contributed by atoms with Gasteiger partial charge in [-0.3, -0.25) is 4.90 Å². The minimum Gasteiger partial charge on any atom is -0.496 e. The molecule has 2 aliphatic rings. The van der Waals surface area contributed by atoms with Crippen LogP contribution in [0.2, 0.25) is 5.02 Å². The molecule has 0 aliphatic carbocycles. The summed E-state index contributed by atoms with van der Waals surface area (Å²) in [4.78, 5) is 2.62. The normalized spacial score (nSPS) is 29.6. The maximum absolute atomic E-state index is 6.14. The van der Waals surface area contributed by atoms with Crippen LogP contribution in [0.5, 0.6) is 5.75 Å². The van der Waals surface area contributed by atoms with E-state index in [1.807, 2.05) is 18.2 Å². The number of fused-ring (bicyclic) bond motifs is 1. The van der Waals surface area contributed by atoms with Crippen molar-refractivity contribution in [2.75, 3.05) is 26.7 Å². The predicted molar refractivity (Wildman–Crippen MR) is 82.3 cm³/mol. The first-order valence-electron chi connectivity index (χ1n) is 7.50. The Kier molecular flexibility index (Phi) is 4.20. The summed E-state index contributed by atoms with van der Waals surface area (Å²) < 4.78 is 5.48. The molecule has 0 spiro atoms. The molecule has 20 heavy (non-hydrogen) atoms. The Morgan fingerprint density at radius 1 is 1.40 bits per heavy atom. The number of rotatable bonds is 4. The standard InChI is InChI=1S/C16H23ClN2O/c1-3-15-14-8-18-7-12(14)10-19(15)9-11-6-13(17)4-5-16(11)20-2/h4-6,12,14-15,18H,3,7-10H2,1-2H3. The Morgan fingerprint density at radius 2 is 2.25 bits per heavy atom. The van der Waals surface area contributed by atoms with Crippen molar-refractivity contribution in [3.05, 3.63) is 28.8 Å². The van der Waals surface area contributed by atoms with Crippen LogP contribution in [-0.2, 0) is 6.54 Å². The minimum atomic E-state index is 0.679. The predicted octanol–water partition coefficient (Wildman–Crippen LogP) is 2.78. The number of nitrogens with zero attached hydrogens (tertiary/aromatic N) is 1. The molecule has 4 heteroatoms. The van der Waals surface area contributed by atoms with Crippen molar-refractivity contribution in [2.24, 2.45) is 11.8 Å². The second-order valence-electron chi connectivity index (χ2n) is 5.94. The molecule has 3 atom stereocenters. The van der Waals surface area contributed by atoms with Crippen LogP contribution in [0.25, 0.3) is 0 Å². The number of methoxy groups -OCH3 is 1. The average molecular weight is 295 g/mol. The molecule has 1 aromatic rings. The molecule has 2 aliphatic heterocycles. The van der Waals surface area contributed by atoms with Crippen LogP contribution < -0.4 is 10.1 Å². The molecule has 0 saturated carbocycles. The average Bonchev–Trinajstić information content (AvgIpc) is 2.99. The second-order valence-corrected chi connectivity index (χ2v) is 6.38. The SMILES string of the molecule is CCC1C2CNCC2CN1Cc1cc(Cl)ccc1OC. The smallest absolute Gasteiger partial charge is 0.123 e. The zero-order valence-electron chi connectivity index (χ0n) is 12.2. The zero-order chi connectivity index (χ0) is 14.1. The van der Waals surface area contributed by atoms with Crippen molar-refractivity contribution in [1.82, 2.24) is 10.2 Å². The summed E-state index contributed by atoms with van der Waals surface area (Å²) in [6.07, 6.45) is 1.21. The molecule has 0 bridgehead atoms. The molecular formula is C16H23ClN2O. The van der Waals surface area contributed by atoms with Crippen LogP contribution in [-0.4, -0.2) is 37.7 Å². The van der Waals surface area contributed by atoms with Crippen LogP contribution in [0, 0.1) is 11.8 Å². The van der Waals surface area contributed by atoms with Crippen LogP contribution in [0.4, 0.5) is 0 Å². The Bertz CT molecular complexity index is 480. The van der Waals surface area contributed by atoms with E-state index in [2.05, 4.69) is 17.1 Å². The van der Waals surface area contributed by atoms with Crippen molar-refractivity contribution in [3.8, 4) is 5.75 Å². The van der Waals surface area contributed by atoms with Crippen LogP contribution >= 0.6 is 11.6 Å². The highest BCUT2D eigenvalue weighted by Crippen LogP contribution is 2.36. The number of likely N-dealkylation sites (tertiary alicyclic amines) is 1. The van der Waals surface area contributed by atoms with E-state index < -0.39 is 0 Å². The third-order valence-corrected chi connectivity index (χ3v) is 5.09. The van der Waals surface area contributed by atoms with E-state index in [0.29, 0.717) is 6.04 Å². The fraction of sp³-hybridized carbons (Fsp3) is 0.625. The fourth-order valence-corrected chi connectivity index (χ4v) is 4.14. The number of hydrogen-bond acceptors (Lipinski definition) is 3. The van der Waals surface area contributed by atoms with Gasteiger partial charge in [0.05, 0.1) is 7.11 Å². The lowest BCUT2D eigenvalue weighted by atomic mass is 9.93. The van der Waals surface area contributed by atoms with Crippen LogP contribution in [0.3, 0.4) is 0 Å². The lowest BCUT2D eigenvalue weighted by Crippen LogP contribution is -2.34. The molecular weight excluding hydrogens is 272 g/mol. The van der Waals surface area contributed by atoms with Gasteiger partial charge >= 0.3 is 0 Å².